The predicted molar refractivity (Wildman–Crippen MR) is 60.7 cm³/mol. The second kappa shape index (κ2) is 4.77. The Morgan fingerprint density at radius 3 is 2.00 bits per heavy atom. The molecular formula is C11H18N4. The Morgan fingerprint density at radius 2 is 1.87 bits per heavy atom. The highest BCUT2D eigenvalue weighted by Crippen LogP contribution is 2.04. The third kappa shape index (κ3) is 3.23. The van der Waals surface area contributed by atoms with Crippen LogP contribution < -0.4 is 0 Å². The van der Waals surface area contributed by atoms with Gasteiger partial charge in [0, 0.05) is 18.9 Å². The Labute approximate surface area is 90.3 Å². The average Bonchev–Trinajstić information content (AvgIpc) is 2.68. The van der Waals surface area contributed by atoms with Gasteiger partial charge in [0.15, 0.2) is 0 Å². The number of aromatic amines is 1. The number of nitrogens with zero attached hydrogens (tertiary/aromatic N) is 3. The molecule has 0 saturated heterocycles. The van der Waals surface area contributed by atoms with Crippen molar-refractivity contribution in [1.82, 2.24) is 20.0 Å². The van der Waals surface area contributed by atoms with Crippen LogP contribution in [-0.4, -0.2) is 20.0 Å². The number of hydrogen-bond donors (Lipinski definition) is 1. The van der Waals surface area contributed by atoms with Crippen molar-refractivity contribution in [3.05, 3.63) is 34.9 Å². The van der Waals surface area contributed by atoms with E-state index in [1.807, 2.05) is 40.2 Å². The van der Waals surface area contributed by atoms with Gasteiger partial charge in [-0.1, -0.05) is 0 Å². The normalized spacial score (nSPS) is 9.67. The van der Waals surface area contributed by atoms with Crippen LogP contribution in [0, 0.1) is 27.7 Å². The third-order valence-electron chi connectivity index (χ3n) is 2.33. The summed E-state index contributed by atoms with van der Waals surface area (Å²) in [5, 5.41) is 10.8. The number of rotatable bonds is 0. The standard InChI is InChI=1S/C6H10N2.C5H8N2/c1-4-5(2)7-8-6(4)3;1-5-3-6-7(2)4-5/h1-3H3,(H,7,8);3-4H,1-2H3. The van der Waals surface area contributed by atoms with Crippen LogP contribution in [-0.2, 0) is 7.05 Å². The Hall–Kier alpha value is -1.58. The van der Waals surface area contributed by atoms with Gasteiger partial charge in [0.25, 0.3) is 0 Å². The number of aryl methyl sites for hydroxylation is 4. The summed E-state index contributed by atoms with van der Waals surface area (Å²) in [6.45, 7) is 8.11. The quantitative estimate of drug-likeness (QED) is 0.717. The first-order valence-electron chi connectivity index (χ1n) is 4.94. The van der Waals surface area contributed by atoms with Crippen molar-refractivity contribution in [3.63, 3.8) is 0 Å². The van der Waals surface area contributed by atoms with Gasteiger partial charge in [0.05, 0.1) is 11.9 Å². The Kier molecular flexibility index (Phi) is 3.66. The molecule has 1 N–H and O–H groups in total. The zero-order chi connectivity index (χ0) is 11.4. The smallest absolute Gasteiger partial charge is 0.0623 e. The minimum atomic E-state index is 1.10. The molecule has 15 heavy (non-hydrogen) atoms. The second-order valence-corrected chi connectivity index (χ2v) is 3.75. The topological polar surface area (TPSA) is 46.5 Å². The van der Waals surface area contributed by atoms with Crippen LogP contribution in [0.25, 0.3) is 0 Å². The van der Waals surface area contributed by atoms with Crippen LogP contribution >= 0.6 is 0 Å². The highest BCUT2D eigenvalue weighted by atomic mass is 15.2. The molecule has 0 aliphatic rings. The van der Waals surface area contributed by atoms with Gasteiger partial charge in [-0.15, -0.1) is 0 Å². The third-order valence-corrected chi connectivity index (χ3v) is 2.33. The van der Waals surface area contributed by atoms with E-state index in [0.717, 1.165) is 5.69 Å². The number of H-pyrrole nitrogens is 1. The summed E-state index contributed by atoms with van der Waals surface area (Å²) in [6.07, 6.45) is 3.81. The molecule has 0 amide bonds. The lowest BCUT2D eigenvalue weighted by Crippen LogP contribution is -1.83. The fourth-order valence-corrected chi connectivity index (χ4v) is 1.15. The van der Waals surface area contributed by atoms with Gasteiger partial charge in [0.2, 0.25) is 0 Å². The van der Waals surface area contributed by atoms with E-state index < -0.39 is 0 Å². The molecule has 0 radical (unpaired) electrons. The lowest BCUT2D eigenvalue weighted by molar-refractivity contribution is 0.767. The fourth-order valence-electron chi connectivity index (χ4n) is 1.15. The molecule has 0 aliphatic heterocycles. The Balaban J connectivity index is 0.000000151. The predicted octanol–water partition coefficient (Wildman–Crippen LogP) is 2.06. The molecule has 4 nitrogen and oxygen atoms in total. The van der Waals surface area contributed by atoms with Crippen LogP contribution in [0.1, 0.15) is 22.5 Å². The molecule has 0 atom stereocenters. The van der Waals surface area contributed by atoms with Crippen molar-refractivity contribution in [2.24, 2.45) is 7.05 Å². The average molecular weight is 206 g/mol. The summed E-state index contributed by atoms with van der Waals surface area (Å²) < 4.78 is 1.79. The molecule has 0 aliphatic carbocycles. The van der Waals surface area contributed by atoms with E-state index in [1.54, 1.807) is 4.68 Å². The van der Waals surface area contributed by atoms with E-state index in [9.17, 15) is 0 Å². The molecule has 0 fully saturated rings. The van der Waals surface area contributed by atoms with Crippen LogP contribution in [0.2, 0.25) is 0 Å². The maximum Gasteiger partial charge on any atom is 0.0623 e. The molecule has 0 saturated carbocycles. The van der Waals surface area contributed by atoms with Crippen molar-refractivity contribution in [2.45, 2.75) is 27.7 Å². The summed E-state index contributed by atoms with van der Waals surface area (Å²) >= 11 is 0. The minimum Gasteiger partial charge on any atom is -0.282 e. The number of nitrogens with one attached hydrogen (secondary N) is 1. The van der Waals surface area contributed by atoms with E-state index in [4.69, 9.17) is 0 Å². The summed E-state index contributed by atoms with van der Waals surface area (Å²) in [5.74, 6) is 0. The van der Waals surface area contributed by atoms with Gasteiger partial charge in [-0.25, -0.2) is 0 Å². The Morgan fingerprint density at radius 1 is 1.20 bits per heavy atom. The van der Waals surface area contributed by atoms with Crippen molar-refractivity contribution in [3.8, 4) is 0 Å². The van der Waals surface area contributed by atoms with Gasteiger partial charge in [0.1, 0.15) is 0 Å². The SMILES string of the molecule is Cc1cnn(C)c1.Cc1n[nH]c(C)c1C. The first-order valence-corrected chi connectivity index (χ1v) is 4.94. The van der Waals surface area contributed by atoms with Crippen LogP contribution in [0.4, 0.5) is 0 Å². The van der Waals surface area contributed by atoms with E-state index >= 15 is 0 Å². The van der Waals surface area contributed by atoms with E-state index in [1.165, 1.54) is 16.8 Å². The fraction of sp³-hybridized carbons (Fsp3) is 0.455. The summed E-state index contributed by atoms with van der Waals surface area (Å²) in [5.41, 5.74) is 4.75. The van der Waals surface area contributed by atoms with Gasteiger partial charge in [-0.3, -0.25) is 9.78 Å². The van der Waals surface area contributed by atoms with Crippen LogP contribution in [0.5, 0.6) is 0 Å². The second-order valence-electron chi connectivity index (χ2n) is 3.75. The molecule has 2 aromatic rings. The molecule has 2 aromatic heterocycles. The van der Waals surface area contributed by atoms with Crippen molar-refractivity contribution < 1.29 is 0 Å². The van der Waals surface area contributed by atoms with Crippen molar-refractivity contribution in [2.75, 3.05) is 0 Å². The first-order chi connectivity index (χ1) is 7.00. The lowest BCUT2D eigenvalue weighted by Gasteiger charge is -1.83. The monoisotopic (exact) mass is 206 g/mol. The summed E-state index contributed by atoms with van der Waals surface area (Å²) in [4.78, 5) is 0. The molecule has 2 rings (SSSR count). The lowest BCUT2D eigenvalue weighted by atomic mass is 10.2. The molecule has 0 bridgehead atoms. The Bertz CT molecular complexity index is 389. The molecule has 0 aromatic carbocycles. The van der Waals surface area contributed by atoms with Gasteiger partial charge in [-0.2, -0.15) is 10.2 Å². The van der Waals surface area contributed by atoms with E-state index in [-0.39, 0.29) is 0 Å². The van der Waals surface area contributed by atoms with Crippen LogP contribution in [0.15, 0.2) is 12.4 Å². The number of hydrogen-bond acceptors (Lipinski definition) is 2. The molecule has 0 spiro atoms. The van der Waals surface area contributed by atoms with Gasteiger partial charge < -0.3 is 0 Å². The maximum absolute atomic E-state index is 3.99. The first kappa shape index (κ1) is 11.5. The summed E-state index contributed by atoms with van der Waals surface area (Å²) in [6, 6.07) is 0. The van der Waals surface area contributed by atoms with Gasteiger partial charge >= 0.3 is 0 Å². The number of aromatic nitrogens is 4. The zero-order valence-corrected chi connectivity index (χ0v) is 10.00. The van der Waals surface area contributed by atoms with Gasteiger partial charge in [-0.05, 0) is 38.8 Å². The van der Waals surface area contributed by atoms with E-state index in [0.29, 0.717) is 0 Å². The van der Waals surface area contributed by atoms with Crippen molar-refractivity contribution >= 4 is 0 Å². The molecule has 2 heterocycles. The molecule has 82 valence electrons. The summed E-state index contributed by atoms with van der Waals surface area (Å²) in [7, 11) is 1.91. The van der Waals surface area contributed by atoms with Crippen LogP contribution in [0.3, 0.4) is 0 Å². The minimum absolute atomic E-state index is 1.10. The zero-order valence-electron chi connectivity index (χ0n) is 10.00. The largest absolute Gasteiger partial charge is 0.282 e. The molecule has 0 unspecified atom stereocenters. The van der Waals surface area contributed by atoms with Crippen molar-refractivity contribution in [1.29, 1.82) is 0 Å². The highest BCUT2D eigenvalue weighted by Gasteiger charge is 1.96. The molecular weight excluding hydrogens is 188 g/mol. The molecule has 4 heteroatoms. The van der Waals surface area contributed by atoms with E-state index in [2.05, 4.69) is 22.2 Å². The highest BCUT2D eigenvalue weighted by molar-refractivity contribution is 5.20. The maximum atomic E-state index is 3.99.